The van der Waals surface area contributed by atoms with Crippen molar-refractivity contribution in [2.24, 2.45) is 0 Å². The molecular formula is C15H20N2O3. The normalized spacial score (nSPS) is 18.3. The number of anilines is 1. The second kappa shape index (κ2) is 6.52. The molecule has 1 aromatic rings. The molecular weight excluding hydrogens is 256 g/mol. The third-order valence-corrected chi connectivity index (χ3v) is 3.55. The Kier molecular flexibility index (Phi) is 4.74. The van der Waals surface area contributed by atoms with Crippen molar-refractivity contribution in [1.82, 2.24) is 4.90 Å². The quantitative estimate of drug-likeness (QED) is 0.859. The second-order valence-electron chi connectivity index (χ2n) is 5.07. The number of carboxylic acids is 1. The number of nitrogens with zero attached hydrogens (tertiary/aromatic N) is 1. The Labute approximate surface area is 118 Å². The number of nitrogens with one attached hydrogen (secondary N) is 1. The van der Waals surface area contributed by atoms with Gasteiger partial charge in [0.1, 0.15) is 0 Å². The summed E-state index contributed by atoms with van der Waals surface area (Å²) in [6.45, 7) is 2.50. The zero-order valence-electron chi connectivity index (χ0n) is 11.6. The molecule has 1 unspecified atom stereocenters. The first-order chi connectivity index (χ1) is 9.61. The fourth-order valence-corrected chi connectivity index (χ4v) is 2.65. The summed E-state index contributed by atoms with van der Waals surface area (Å²) in [5.41, 5.74) is 1.95. The fourth-order valence-electron chi connectivity index (χ4n) is 2.65. The third kappa shape index (κ3) is 3.36. The molecule has 0 fully saturated rings. The van der Waals surface area contributed by atoms with Gasteiger partial charge in [0.15, 0.2) is 0 Å². The number of aliphatic carboxylic acids is 1. The van der Waals surface area contributed by atoms with Crippen molar-refractivity contribution in [1.29, 1.82) is 0 Å². The molecule has 1 aromatic carbocycles. The lowest BCUT2D eigenvalue weighted by Crippen LogP contribution is -2.46. The summed E-state index contributed by atoms with van der Waals surface area (Å²) in [7, 11) is 0. The van der Waals surface area contributed by atoms with Crippen LogP contribution in [0.4, 0.5) is 5.69 Å². The highest BCUT2D eigenvalue weighted by atomic mass is 16.4. The minimum Gasteiger partial charge on any atom is -0.480 e. The molecule has 20 heavy (non-hydrogen) atoms. The van der Waals surface area contributed by atoms with Gasteiger partial charge in [-0.25, -0.2) is 0 Å². The standard InChI is InChI=1S/C15H20N2O3/c1-2-9-17(10-14(18)19)13-8-7-11-5-3-4-6-12(11)16-15(13)20/h3-6,13H,2,7-10H2,1H3,(H,16,20)(H,18,19). The first-order valence-electron chi connectivity index (χ1n) is 6.96. The van der Waals surface area contributed by atoms with Crippen molar-refractivity contribution in [3.63, 3.8) is 0 Å². The van der Waals surface area contributed by atoms with Gasteiger partial charge < -0.3 is 10.4 Å². The van der Waals surface area contributed by atoms with Gasteiger partial charge in [-0.2, -0.15) is 0 Å². The number of carbonyl (C=O) groups is 2. The largest absolute Gasteiger partial charge is 0.480 e. The van der Waals surface area contributed by atoms with Gasteiger partial charge >= 0.3 is 5.97 Å². The molecule has 0 bridgehead atoms. The third-order valence-electron chi connectivity index (χ3n) is 3.55. The van der Waals surface area contributed by atoms with Crippen LogP contribution in [0.2, 0.25) is 0 Å². The van der Waals surface area contributed by atoms with Gasteiger partial charge in [0, 0.05) is 5.69 Å². The van der Waals surface area contributed by atoms with E-state index < -0.39 is 5.97 Å². The summed E-state index contributed by atoms with van der Waals surface area (Å²) in [5.74, 6) is -1.00. The highest BCUT2D eigenvalue weighted by molar-refractivity contribution is 5.96. The number of hydrogen-bond acceptors (Lipinski definition) is 3. The van der Waals surface area contributed by atoms with E-state index in [1.54, 1.807) is 4.90 Å². The molecule has 0 radical (unpaired) electrons. The molecule has 1 atom stereocenters. The molecule has 0 spiro atoms. The number of carboxylic acid groups (broad SMARTS) is 1. The lowest BCUT2D eigenvalue weighted by Gasteiger charge is -2.27. The van der Waals surface area contributed by atoms with Crippen LogP contribution >= 0.6 is 0 Å². The van der Waals surface area contributed by atoms with Crippen LogP contribution in [0.1, 0.15) is 25.3 Å². The molecule has 1 amide bonds. The SMILES string of the molecule is CCCN(CC(=O)O)C1CCc2ccccc2NC1=O. The number of rotatable bonds is 5. The fraction of sp³-hybridized carbons (Fsp3) is 0.467. The Morgan fingerprint density at radius 1 is 1.45 bits per heavy atom. The van der Waals surface area contributed by atoms with Gasteiger partial charge in [-0.3, -0.25) is 14.5 Å². The van der Waals surface area contributed by atoms with Gasteiger partial charge in [0.25, 0.3) is 0 Å². The van der Waals surface area contributed by atoms with Crippen molar-refractivity contribution in [3.05, 3.63) is 29.8 Å². The van der Waals surface area contributed by atoms with Crippen molar-refractivity contribution < 1.29 is 14.7 Å². The number of hydrogen-bond donors (Lipinski definition) is 2. The van der Waals surface area contributed by atoms with E-state index in [2.05, 4.69) is 5.32 Å². The average Bonchev–Trinajstić information content (AvgIpc) is 2.56. The van der Waals surface area contributed by atoms with Crippen LogP contribution in [-0.2, 0) is 16.0 Å². The van der Waals surface area contributed by atoms with Crippen LogP contribution < -0.4 is 5.32 Å². The van der Waals surface area contributed by atoms with Crippen LogP contribution in [0.25, 0.3) is 0 Å². The van der Waals surface area contributed by atoms with Crippen LogP contribution in [0.5, 0.6) is 0 Å². The minimum atomic E-state index is -0.895. The molecule has 0 aromatic heterocycles. The lowest BCUT2D eigenvalue weighted by molar-refractivity contribution is -0.139. The van der Waals surface area contributed by atoms with E-state index in [0.717, 1.165) is 24.1 Å². The Hall–Kier alpha value is -1.88. The van der Waals surface area contributed by atoms with E-state index in [9.17, 15) is 9.59 Å². The molecule has 1 aliphatic heterocycles. The van der Waals surface area contributed by atoms with Crippen molar-refractivity contribution in [2.45, 2.75) is 32.2 Å². The van der Waals surface area contributed by atoms with E-state index in [0.29, 0.717) is 13.0 Å². The van der Waals surface area contributed by atoms with E-state index in [4.69, 9.17) is 5.11 Å². The van der Waals surface area contributed by atoms with Gasteiger partial charge in [-0.15, -0.1) is 0 Å². The minimum absolute atomic E-state index is 0.0950. The topological polar surface area (TPSA) is 69.6 Å². The molecule has 5 nitrogen and oxygen atoms in total. The highest BCUT2D eigenvalue weighted by Crippen LogP contribution is 2.23. The van der Waals surface area contributed by atoms with Crippen LogP contribution in [0.15, 0.2) is 24.3 Å². The number of benzene rings is 1. The molecule has 0 saturated carbocycles. The summed E-state index contributed by atoms with van der Waals surface area (Å²) in [4.78, 5) is 25.0. The molecule has 1 heterocycles. The summed E-state index contributed by atoms with van der Waals surface area (Å²) < 4.78 is 0. The molecule has 0 saturated heterocycles. The first-order valence-corrected chi connectivity index (χ1v) is 6.96. The Bertz CT molecular complexity index is 502. The van der Waals surface area contributed by atoms with E-state index >= 15 is 0 Å². The van der Waals surface area contributed by atoms with Crippen LogP contribution in [-0.4, -0.2) is 41.0 Å². The van der Waals surface area contributed by atoms with E-state index in [-0.39, 0.29) is 18.5 Å². The molecule has 2 N–H and O–H groups in total. The number of carbonyl (C=O) groups excluding carboxylic acids is 1. The van der Waals surface area contributed by atoms with E-state index in [1.807, 2.05) is 31.2 Å². The molecule has 5 heteroatoms. The van der Waals surface area contributed by atoms with Gasteiger partial charge in [-0.05, 0) is 37.4 Å². The van der Waals surface area contributed by atoms with E-state index in [1.165, 1.54) is 0 Å². The summed E-state index contributed by atoms with van der Waals surface area (Å²) in [6, 6.07) is 7.35. The highest BCUT2D eigenvalue weighted by Gasteiger charge is 2.29. The summed E-state index contributed by atoms with van der Waals surface area (Å²) in [6.07, 6.45) is 2.25. The zero-order valence-corrected chi connectivity index (χ0v) is 11.6. The summed E-state index contributed by atoms with van der Waals surface area (Å²) >= 11 is 0. The smallest absolute Gasteiger partial charge is 0.317 e. The van der Waals surface area contributed by atoms with Gasteiger partial charge in [0.2, 0.25) is 5.91 Å². The number of para-hydroxylation sites is 1. The van der Waals surface area contributed by atoms with Crippen molar-refractivity contribution in [2.75, 3.05) is 18.4 Å². The Balaban J connectivity index is 2.17. The Morgan fingerprint density at radius 3 is 2.90 bits per heavy atom. The number of aryl methyl sites for hydroxylation is 1. The maximum atomic E-state index is 12.3. The monoisotopic (exact) mass is 276 g/mol. The van der Waals surface area contributed by atoms with Crippen LogP contribution in [0.3, 0.4) is 0 Å². The molecule has 1 aliphatic rings. The maximum Gasteiger partial charge on any atom is 0.317 e. The second-order valence-corrected chi connectivity index (χ2v) is 5.07. The van der Waals surface area contributed by atoms with Crippen LogP contribution in [0, 0.1) is 0 Å². The number of amides is 1. The maximum absolute atomic E-state index is 12.3. The van der Waals surface area contributed by atoms with Gasteiger partial charge in [0.05, 0.1) is 12.6 Å². The number of fused-ring (bicyclic) bond motifs is 1. The van der Waals surface area contributed by atoms with Crippen molar-refractivity contribution in [3.8, 4) is 0 Å². The molecule has 108 valence electrons. The average molecular weight is 276 g/mol. The van der Waals surface area contributed by atoms with Crippen molar-refractivity contribution >= 4 is 17.6 Å². The predicted octanol–water partition coefficient (Wildman–Crippen LogP) is 1.74. The first kappa shape index (κ1) is 14.5. The Morgan fingerprint density at radius 2 is 2.20 bits per heavy atom. The predicted molar refractivity (Wildman–Crippen MR) is 76.7 cm³/mol. The lowest BCUT2D eigenvalue weighted by atomic mass is 10.0. The molecule has 0 aliphatic carbocycles. The zero-order chi connectivity index (χ0) is 14.5. The van der Waals surface area contributed by atoms with Gasteiger partial charge in [-0.1, -0.05) is 25.1 Å². The summed E-state index contributed by atoms with van der Waals surface area (Å²) in [5, 5.41) is 11.9. The molecule has 2 rings (SSSR count).